The topological polar surface area (TPSA) is 28.7 Å². The molecule has 3 nitrogen and oxygen atoms in total. The molecule has 3 rings (SSSR count). The van der Waals surface area contributed by atoms with Crippen molar-refractivity contribution in [2.75, 3.05) is 12.3 Å². The average Bonchev–Trinajstić information content (AvgIpc) is 3.08. The van der Waals surface area contributed by atoms with Gasteiger partial charge in [-0.05, 0) is 38.3 Å². The van der Waals surface area contributed by atoms with Crippen molar-refractivity contribution in [3.63, 3.8) is 0 Å². The average molecular weight is 278 g/mol. The molecule has 19 heavy (non-hydrogen) atoms. The molecule has 1 aromatic heterocycles. The predicted molar refractivity (Wildman–Crippen MR) is 80.6 cm³/mol. The highest BCUT2D eigenvalue weighted by Crippen LogP contribution is 2.29. The molecule has 0 spiro atoms. The van der Waals surface area contributed by atoms with Gasteiger partial charge in [0.2, 0.25) is 0 Å². The minimum Gasteiger partial charge on any atom is -0.464 e. The Morgan fingerprint density at radius 1 is 1.32 bits per heavy atom. The van der Waals surface area contributed by atoms with Crippen molar-refractivity contribution >= 4 is 16.9 Å². The smallest absolute Gasteiger partial charge is 0.159 e. The molecule has 0 bridgehead atoms. The van der Waals surface area contributed by atoms with Crippen LogP contribution in [0.5, 0.6) is 0 Å². The molecule has 0 N–H and O–H groups in total. The number of hydrogen-bond acceptors (Lipinski definition) is 4. The number of nitrogens with zero attached hydrogens (tertiary/aromatic N) is 2. The molecule has 1 aliphatic heterocycles. The second-order valence-electron chi connectivity index (χ2n) is 5.44. The van der Waals surface area contributed by atoms with E-state index in [0.717, 1.165) is 24.6 Å². The lowest BCUT2D eigenvalue weighted by Gasteiger charge is -2.32. The molecule has 0 amide bonds. The van der Waals surface area contributed by atoms with E-state index in [0.29, 0.717) is 6.04 Å². The van der Waals surface area contributed by atoms with E-state index in [1.165, 1.54) is 43.0 Å². The number of furan rings is 1. The van der Waals surface area contributed by atoms with Crippen molar-refractivity contribution in [3.8, 4) is 0 Å². The molecule has 2 heterocycles. The van der Waals surface area contributed by atoms with Gasteiger partial charge in [0.15, 0.2) is 5.17 Å². The molecule has 4 heteroatoms. The van der Waals surface area contributed by atoms with Crippen LogP contribution in [0.2, 0.25) is 0 Å². The third-order valence-corrected chi connectivity index (χ3v) is 5.03. The van der Waals surface area contributed by atoms with Crippen LogP contribution in [0.4, 0.5) is 0 Å². The Morgan fingerprint density at radius 2 is 2.16 bits per heavy atom. The highest BCUT2D eigenvalue weighted by atomic mass is 32.2. The Hall–Kier alpha value is -0.900. The van der Waals surface area contributed by atoms with E-state index in [9.17, 15) is 0 Å². The predicted octanol–water partition coefficient (Wildman–Crippen LogP) is 3.83. The Bertz CT molecular complexity index is 449. The van der Waals surface area contributed by atoms with Crippen LogP contribution in [0, 0.1) is 6.92 Å². The third kappa shape index (κ3) is 3.16. The van der Waals surface area contributed by atoms with Gasteiger partial charge in [0.1, 0.15) is 11.5 Å². The second kappa shape index (κ2) is 6.04. The molecule has 0 aromatic carbocycles. The minimum absolute atomic E-state index is 0.662. The van der Waals surface area contributed by atoms with E-state index >= 15 is 0 Å². The zero-order chi connectivity index (χ0) is 13.1. The molecular formula is C15H22N2OS. The van der Waals surface area contributed by atoms with Gasteiger partial charge in [0, 0.05) is 18.3 Å². The first-order chi connectivity index (χ1) is 9.33. The SMILES string of the molecule is Cc1ccc(CN(C2=NCCCS2)C2CCCC2)o1. The first-order valence-electron chi connectivity index (χ1n) is 7.32. The summed E-state index contributed by atoms with van der Waals surface area (Å²) in [6, 6.07) is 4.82. The molecule has 0 atom stereocenters. The van der Waals surface area contributed by atoms with E-state index in [-0.39, 0.29) is 0 Å². The minimum atomic E-state index is 0.662. The molecule has 2 aliphatic rings. The largest absolute Gasteiger partial charge is 0.464 e. The van der Waals surface area contributed by atoms with Crippen LogP contribution in [-0.2, 0) is 6.54 Å². The summed E-state index contributed by atoms with van der Waals surface area (Å²) >= 11 is 1.92. The molecule has 1 aliphatic carbocycles. The van der Waals surface area contributed by atoms with Crippen LogP contribution >= 0.6 is 11.8 Å². The summed E-state index contributed by atoms with van der Waals surface area (Å²) in [5.41, 5.74) is 0. The maximum absolute atomic E-state index is 5.76. The number of aryl methyl sites for hydroxylation is 1. The first kappa shape index (κ1) is 13.1. The standard InChI is InChI=1S/C15H22N2OS/c1-12-7-8-14(18-12)11-17(13-5-2-3-6-13)15-16-9-4-10-19-15/h7-8,13H,2-6,9-11H2,1H3. The molecular weight excluding hydrogens is 256 g/mol. The Morgan fingerprint density at radius 3 is 2.79 bits per heavy atom. The molecule has 1 saturated carbocycles. The quantitative estimate of drug-likeness (QED) is 0.841. The van der Waals surface area contributed by atoms with E-state index in [4.69, 9.17) is 9.41 Å². The fourth-order valence-electron chi connectivity index (χ4n) is 2.93. The van der Waals surface area contributed by atoms with Crippen molar-refractivity contribution in [1.29, 1.82) is 0 Å². The Labute approximate surface area is 119 Å². The van der Waals surface area contributed by atoms with E-state index in [1.54, 1.807) is 0 Å². The Kier molecular flexibility index (Phi) is 4.16. The number of thioether (sulfide) groups is 1. The van der Waals surface area contributed by atoms with Gasteiger partial charge in [-0.1, -0.05) is 24.6 Å². The lowest BCUT2D eigenvalue weighted by Crippen LogP contribution is -2.37. The second-order valence-corrected chi connectivity index (χ2v) is 6.51. The highest BCUT2D eigenvalue weighted by Gasteiger charge is 2.27. The van der Waals surface area contributed by atoms with Crippen LogP contribution < -0.4 is 0 Å². The highest BCUT2D eigenvalue weighted by molar-refractivity contribution is 8.13. The van der Waals surface area contributed by atoms with Gasteiger partial charge in [0.05, 0.1) is 6.54 Å². The van der Waals surface area contributed by atoms with E-state index < -0.39 is 0 Å². The fraction of sp³-hybridized carbons (Fsp3) is 0.667. The number of amidine groups is 1. The fourth-order valence-corrected chi connectivity index (χ4v) is 3.95. The summed E-state index contributed by atoms with van der Waals surface area (Å²) in [6.07, 6.45) is 6.54. The Balaban J connectivity index is 1.77. The molecule has 0 radical (unpaired) electrons. The van der Waals surface area contributed by atoms with E-state index in [2.05, 4.69) is 17.0 Å². The van der Waals surface area contributed by atoms with Crippen molar-refractivity contribution in [2.24, 2.45) is 4.99 Å². The maximum atomic E-state index is 5.76. The molecule has 104 valence electrons. The van der Waals surface area contributed by atoms with Crippen LogP contribution in [0.15, 0.2) is 21.5 Å². The zero-order valence-corrected chi connectivity index (χ0v) is 12.4. The number of aliphatic imine (C=N–C) groups is 1. The van der Waals surface area contributed by atoms with Crippen LogP contribution in [-0.4, -0.2) is 28.4 Å². The van der Waals surface area contributed by atoms with Crippen LogP contribution in [0.1, 0.15) is 43.6 Å². The number of hydrogen-bond donors (Lipinski definition) is 0. The van der Waals surface area contributed by atoms with Crippen LogP contribution in [0.3, 0.4) is 0 Å². The zero-order valence-electron chi connectivity index (χ0n) is 11.6. The van der Waals surface area contributed by atoms with E-state index in [1.807, 2.05) is 18.7 Å². The number of rotatable bonds is 3. The van der Waals surface area contributed by atoms with Crippen LogP contribution in [0.25, 0.3) is 0 Å². The maximum Gasteiger partial charge on any atom is 0.159 e. The van der Waals surface area contributed by atoms with Gasteiger partial charge in [-0.15, -0.1) is 0 Å². The lowest BCUT2D eigenvalue weighted by molar-refractivity contribution is 0.284. The summed E-state index contributed by atoms with van der Waals surface area (Å²) < 4.78 is 5.76. The van der Waals surface area contributed by atoms with Crippen molar-refractivity contribution in [1.82, 2.24) is 4.90 Å². The monoisotopic (exact) mass is 278 g/mol. The van der Waals surface area contributed by atoms with Crippen molar-refractivity contribution < 1.29 is 4.42 Å². The summed E-state index contributed by atoms with van der Waals surface area (Å²) in [7, 11) is 0. The van der Waals surface area contributed by atoms with Gasteiger partial charge in [-0.3, -0.25) is 4.99 Å². The first-order valence-corrected chi connectivity index (χ1v) is 8.31. The molecule has 0 saturated heterocycles. The van der Waals surface area contributed by atoms with Crippen molar-refractivity contribution in [2.45, 2.75) is 51.6 Å². The van der Waals surface area contributed by atoms with Gasteiger partial charge in [-0.2, -0.15) is 0 Å². The van der Waals surface area contributed by atoms with Crippen molar-refractivity contribution in [3.05, 3.63) is 23.7 Å². The summed E-state index contributed by atoms with van der Waals surface area (Å²) in [5, 5.41) is 1.24. The normalized spacial score (nSPS) is 20.6. The summed E-state index contributed by atoms with van der Waals surface area (Å²) in [4.78, 5) is 7.24. The van der Waals surface area contributed by atoms with Gasteiger partial charge in [0.25, 0.3) is 0 Å². The summed E-state index contributed by atoms with van der Waals surface area (Å²) in [5.74, 6) is 3.28. The summed E-state index contributed by atoms with van der Waals surface area (Å²) in [6.45, 7) is 3.88. The molecule has 1 aromatic rings. The van der Waals surface area contributed by atoms with Gasteiger partial charge < -0.3 is 9.32 Å². The molecule has 1 fully saturated rings. The van der Waals surface area contributed by atoms with Gasteiger partial charge >= 0.3 is 0 Å². The molecule has 0 unspecified atom stereocenters. The van der Waals surface area contributed by atoms with Gasteiger partial charge in [-0.25, -0.2) is 0 Å². The third-order valence-electron chi connectivity index (χ3n) is 3.91. The lowest BCUT2D eigenvalue weighted by atomic mass is 10.2.